The van der Waals surface area contributed by atoms with E-state index in [-0.39, 0.29) is 24.8 Å². The van der Waals surface area contributed by atoms with Crippen LogP contribution in [0.2, 0.25) is 0 Å². The molecule has 2 fully saturated rings. The molecule has 180 valence electrons. The SMILES string of the molecule is Nc1ncnc2c1ncn2[C@@H]1OC[C@@H](O)[C@H]1O.Nc1ncnc2c1ncn2[C@@H]1OC[C@@H](O)[C@H]1O. The van der Waals surface area contributed by atoms with Gasteiger partial charge in [-0.15, -0.1) is 0 Å². The van der Waals surface area contributed by atoms with Gasteiger partial charge in [0.25, 0.3) is 0 Å². The number of ether oxygens (including phenoxy) is 2. The van der Waals surface area contributed by atoms with Crippen LogP contribution in [-0.4, -0.2) is 97.1 Å². The minimum Gasteiger partial charge on any atom is -0.388 e. The molecule has 0 radical (unpaired) electrons. The quantitative estimate of drug-likeness (QED) is 0.173. The van der Waals surface area contributed by atoms with Crippen LogP contribution in [0, 0.1) is 0 Å². The van der Waals surface area contributed by atoms with E-state index in [9.17, 15) is 20.4 Å². The Morgan fingerprint density at radius 2 is 1.09 bits per heavy atom. The zero-order valence-corrected chi connectivity index (χ0v) is 17.5. The molecule has 2 aliphatic rings. The van der Waals surface area contributed by atoms with Crippen molar-refractivity contribution in [1.29, 1.82) is 0 Å². The molecule has 0 aliphatic carbocycles. The molecule has 8 N–H and O–H groups in total. The first-order valence-corrected chi connectivity index (χ1v) is 10.2. The van der Waals surface area contributed by atoms with Gasteiger partial charge in [0.1, 0.15) is 48.1 Å². The van der Waals surface area contributed by atoms with Crippen LogP contribution in [0.1, 0.15) is 12.5 Å². The molecule has 34 heavy (non-hydrogen) atoms. The Balaban J connectivity index is 0.000000142. The topological polar surface area (TPSA) is 239 Å². The summed E-state index contributed by atoms with van der Waals surface area (Å²) >= 11 is 0. The lowest BCUT2D eigenvalue weighted by atomic mass is 10.2. The van der Waals surface area contributed by atoms with Crippen molar-refractivity contribution in [2.75, 3.05) is 24.7 Å². The molecule has 6 rings (SSSR count). The van der Waals surface area contributed by atoms with Gasteiger partial charge < -0.3 is 41.4 Å². The second-order valence-electron chi connectivity index (χ2n) is 7.73. The predicted molar refractivity (Wildman–Crippen MR) is 113 cm³/mol. The molecule has 4 aromatic heterocycles. The molecule has 6 atom stereocenters. The number of imidazole rings is 2. The van der Waals surface area contributed by atoms with E-state index < -0.39 is 36.9 Å². The summed E-state index contributed by atoms with van der Waals surface area (Å²) in [5.74, 6) is 0.531. The molecule has 2 aliphatic heterocycles. The van der Waals surface area contributed by atoms with Gasteiger partial charge in [-0.25, -0.2) is 29.9 Å². The molecule has 0 amide bonds. The number of aliphatic hydroxyl groups is 4. The highest BCUT2D eigenvalue weighted by atomic mass is 16.5. The van der Waals surface area contributed by atoms with E-state index in [2.05, 4.69) is 29.9 Å². The third kappa shape index (κ3) is 3.67. The number of nitrogens with zero attached hydrogens (tertiary/aromatic N) is 8. The number of anilines is 2. The van der Waals surface area contributed by atoms with Gasteiger partial charge in [-0.2, -0.15) is 0 Å². The van der Waals surface area contributed by atoms with E-state index in [1.165, 1.54) is 34.4 Å². The molecule has 0 spiro atoms. The van der Waals surface area contributed by atoms with Crippen LogP contribution < -0.4 is 11.5 Å². The van der Waals surface area contributed by atoms with Crippen molar-refractivity contribution < 1.29 is 29.9 Å². The number of hydrogen-bond donors (Lipinski definition) is 6. The van der Waals surface area contributed by atoms with Gasteiger partial charge in [-0.3, -0.25) is 9.13 Å². The van der Waals surface area contributed by atoms with Crippen LogP contribution in [0.5, 0.6) is 0 Å². The maximum absolute atomic E-state index is 9.76. The Morgan fingerprint density at radius 1 is 0.676 bits per heavy atom. The third-order valence-corrected chi connectivity index (χ3v) is 5.57. The molecule has 0 unspecified atom stereocenters. The molecule has 6 heterocycles. The van der Waals surface area contributed by atoms with Crippen LogP contribution in [0.4, 0.5) is 11.6 Å². The maximum atomic E-state index is 9.76. The first kappa shape index (κ1) is 22.3. The summed E-state index contributed by atoms with van der Waals surface area (Å²) in [6.45, 7) is 0.151. The number of rotatable bonds is 2. The monoisotopic (exact) mass is 474 g/mol. The summed E-state index contributed by atoms with van der Waals surface area (Å²) in [7, 11) is 0. The first-order valence-electron chi connectivity index (χ1n) is 10.2. The highest BCUT2D eigenvalue weighted by Gasteiger charge is 2.37. The van der Waals surface area contributed by atoms with Crippen molar-refractivity contribution in [3.8, 4) is 0 Å². The van der Waals surface area contributed by atoms with Crippen molar-refractivity contribution in [3.05, 3.63) is 25.3 Å². The zero-order valence-electron chi connectivity index (χ0n) is 17.5. The minimum absolute atomic E-state index is 0.0755. The van der Waals surface area contributed by atoms with Crippen LogP contribution in [0.25, 0.3) is 22.3 Å². The number of nitrogen functional groups attached to an aromatic ring is 2. The average molecular weight is 474 g/mol. The van der Waals surface area contributed by atoms with E-state index in [0.717, 1.165) is 0 Å². The van der Waals surface area contributed by atoms with Crippen LogP contribution in [-0.2, 0) is 9.47 Å². The van der Waals surface area contributed by atoms with Gasteiger partial charge in [-0.1, -0.05) is 0 Å². The van der Waals surface area contributed by atoms with Crippen molar-refractivity contribution in [2.24, 2.45) is 0 Å². The number of nitrogens with two attached hydrogens (primary N) is 2. The van der Waals surface area contributed by atoms with Crippen LogP contribution in [0.15, 0.2) is 25.3 Å². The normalized spacial score (nSPS) is 28.9. The lowest BCUT2D eigenvalue weighted by Crippen LogP contribution is -2.28. The predicted octanol–water partition coefficient (Wildman–Crippen LogP) is -2.68. The maximum Gasteiger partial charge on any atom is 0.167 e. The van der Waals surface area contributed by atoms with E-state index in [0.29, 0.717) is 22.3 Å². The van der Waals surface area contributed by atoms with Gasteiger partial charge >= 0.3 is 0 Å². The van der Waals surface area contributed by atoms with E-state index >= 15 is 0 Å². The minimum atomic E-state index is -1.01. The summed E-state index contributed by atoms with van der Waals surface area (Å²) in [6.07, 6.45) is 0.304. The summed E-state index contributed by atoms with van der Waals surface area (Å²) in [6, 6.07) is 0. The first-order chi connectivity index (χ1) is 16.4. The van der Waals surface area contributed by atoms with Crippen LogP contribution >= 0.6 is 0 Å². The van der Waals surface area contributed by atoms with E-state index in [1.54, 1.807) is 0 Å². The van der Waals surface area contributed by atoms with Gasteiger partial charge in [0.15, 0.2) is 35.4 Å². The molecule has 16 heteroatoms. The fourth-order valence-electron chi connectivity index (χ4n) is 3.77. The zero-order chi connectivity index (χ0) is 24.0. The molecule has 0 bridgehead atoms. The van der Waals surface area contributed by atoms with Gasteiger partial charge in [0, 0.05) is 0 Å². The Hall–Kier alpha value is -3.54. The molecule has 0 saturated carbocycles. The Kier molecular flexibility index (Phi) is 5.68. The fourth-order valence-corrected chi connectivity index (χ4v) is 3.77. The summed E-state index contributed by atoms with van der Waals surface area (Å²) in [5.41, 5.74) is 13.1. The number of fused-ring (bicyclic) bond motifs is 2. The fraction of sp³-hybridized carbons (Fsp3) is 0.444. The number of hydrogen-bond acceptors (Lipinski definition) is 14. The van der Waals surface area contributed by atoms with Gasteiger partial charge in [0.05, 0.1) is 25.9 Å². The molecule has 4 aromatic rings. The van der Waals surface area contributed by atoms with Gasteiger partial charge in [-0.05, 0) is 0 Å². The van der Waals surface area contributed by atoms with Crippen molar-refractivity contribution in [1.82, 2.24) is 39.0 Å². The molecule has 2 saturated heterocycles. The summed E-state index contributed by atoms with van der Waals surface area (Å²) in [4.78, 5) is 23.8. The highest BCUT2D eigenvalue weighted by molar-refractivity contribution is 5.81. The van der Waals surface area contributed by atoms with E-state index in [4.69, 9.17) is 20.9 Å². The standard InChI is InChI=1S/2C9H11N5O3/c2*10-7-5-8(12-2-11-7)14(3-13-5)9-6(16)4(15)1-17-9/h2*2-4,6,9,15-16H,1H2,(H2,10,11,12)/t2*4-,6-,9-/m11/s1. The lowest BCUT2D eigenvalue weighted by molar-refractivity contribution is -0.0162. The molecule has 16 nitrogen and oxygen atoms in total. The Morgan fingerprint density at radius 3 is 1.44 bits per heavy atom. The van der Waals surface area contributed by atoms with Gasteiger partial charge in [0.2, 0.25) is 0 Å². The Labute approximate surface area is 190 Å². The smallest absolute Gasteiger partial charge is 0.167 e. The van der Waals surface area contributed by atoms with Crippen molar-refractivity contribution >= 4 is 34.0 Å². The highest BCUT2D eigenvalue weighted by Crippen LogP contribution is 2.29. The Bertz CT molecular complexity index is 1210. The third-order valence-electron chi connectivity index (χ3n) is 5.57. The second-order valence-corrected chi connectivity index (χ2v) is 7.73. The molecular formula is C18H22N10O6. The second kappa shape index (κ2) is 8.67. The largest absolute Gasteiger partial charge is 0.388 e. The van der Waals surface area contributed by atoms with Crippen LogP contribution in [0.3, 0.4) is 0 Å². The lowest BCUT2D eigenvalue weighted by Gasteiger charge is -2.16. The van der Waals surface area contributed by atoms with Crippen molar-refractivity contribution in [3.63, 3.8) is 0 Å². The summed E-state index contributed by atoms with van der Waals surface area (Å²) < 4.78 is 13.7. The van der Waals surface area contributed by atoms with E-state index in [1.807, 2.05) is 0 Å². The van der Waals surface area contributed by atoms with Crippen molar-refractivity contribution in [2.45, 2.75) is 36.9 Å². The molecular weight excluding hydrogens is 452 g/mol. The number of aliphatic hydroxyl groups excluding tert-OH is 4. The number of aromatic nitrogens is 8. The summed E-state index contributed by atoms with van der Waals surface area (Å²) in [5, 5.41) is 38.4. The molecule has 0 aromatic carbocycles. The average Bonchev–Trinajstić information content (AvgIpc) is 3.59.